The molecule has 0 aromatic carbocycles. The Balaban J connectivity index is 1.38. The van der Waals surface area contributed by atoms with Crippen LogP contribution in [0, 0.1) is 0 Å². The van der Waals surface area contributed by atoms with E-state index in [1.807, 2.05) is 24.3 Å². The largest absolute Gasteiger partial charge is 0.383 e. The Hall–Kier alpha value is -1.86. The lowest BCUT2D eigenvalue weighted by atomic mass is 9.88. The summed E-state index contributed by atoms with van der Waals surface area (Å²) in [7, 11) is 0. The minimum absolute atomic E-state index is 0.0383. The number of nitrogens with zero attached hydrogens (tertiary/aromatic N) is 2. The molecule has 2 aromatic rings. The molecule has 4 heterocycles. The summed E-state index contributed by atoms with van der Waals surface area (Å²) in [5, 5.41) is 21.7. The Morgan fingerprint density at radius 3 is 2.20 bits per heavy atom. The van der Waals surface area contributed by atoms with E-state index in [9.17, 15) is 10.2 Å². The highest BCUT2D eigenvalue weighted by Crippen LogP contribution is 2.38. The lowest BCUT2D eigenvalue weighted by Gasteiger charge is -2.22. The molecule has 2 fully saturated rings. The van der Waals surface area contributed by atoms with Crippen molar-refractivity contribution in [3.05, 3.63) is 59.2 Å². The van der Waals surface area contributed by atoms with Gasteiger partial charge in [-0.05, 0) is 24.5 Å². The Kier molecular flexibility index (Phi) is 5.95. The average molecular weight is 413 g/mol. The fourth-order valence-corrected chi connectivity index (χ4v) is 4.39. The summed E-state index contributed by atoms with van der Waals surface area (Å²) >= 11 is 0. The van der Waals surface area contributed by atoms with E-state index in [1.165, 1.54) is 0 Å². The van der Waals surface area contributed by atoms with Gasteiger partial charge < -0.3 is 19.7 Å². The molecule has 3 unspecified atom stereocenters. The van der Waals surface area contributed by atoms with E-state index in [-0.39, 0.29) is 18.6 Å². The minimum atomic E-state index is -0.990. The van der Waals surface area contributed by atoms with E-state index in [1.54, 1.807) is 12.4 Å². The molecule has 30 heavy (non-hydrogen) atoms. The molecule has 0 aliphatic carbocycles. The molecule has 2 saturated heterocycles. The Bertz CT molecular complexity index is 847. The summed E-state index contributed by atoms with van der Waals surface area (Å²) in [5.74, 6) is 0.547. The van der Waals surface area contributed by atoms with Gasteiger partial charge in [0.25, 0.3) is 0 Å². The van der Waals surface area contributed by atoms with Crippen molar-refractivity contribution < 1.29 is 19.7 Å². The zero-order valence-corrected chi connectivity index (χ0v) is 18.0. The standard InChI is InChI=1S/C24H32N2O4/c1-16(2)21-6-4-19(13-25-21)24(28)11-20(30-15-24)10-17(3)22-7-5-18(12-26-22)23(27)8-9-29-14-23/h4-7,12-13,16-17,20,27-28H,8-11,14-15H2,1-3H3/t17?,20?,23-,24?/m1/s1. The number of pyridine rings is 2. The molecule has 0 saturated carbocycles. The van der Waals surface area contributed by atoms with Crippen LogP contribution in [0.15, 0.2) is 36.7 Å². The highest BCUT2D eigenvalue weighted by Gasteiger charge is 2.41. The second-order valence-electron chi connectivity index (χ2n) is 9.24. The number of aromatic nitrogens is 2. The van der Waals surface area contributed by atoms with Crippen molar-refractivity contribution in [1.29, 1.82) is 0 Å². The van der Waals surface area contributed by atoms with Crippen LogP contribution in [0.25, 0.3) is 0 Å². The van der Waals surface area contributed by atoms with E-state index >= 15 is 0 Å². The lowest BCUT2D eigenvalue weighted by Crippen LogP contribution is -2.26. The Labute approximate surface area is 178 Å². The second kappa shape index (κ2) is 8.35. The van der Waals surface area contributed by atoms with E-state index in [2.05, 4.69) is 30.7 Å². The van der Waals surface area contributed by atoms with Crippen molar-refractivity contribution in [2.45, 2.75) is 69.2 Å². The fourth-order valence-electron chi connectivity index (χ4n) is 4.39. The molecule has 6 nitrogen and oxygen atoms in total. The summed E-state index contributed by atoms with van der Waals surface area (Å²) in [6, 6.07) is 7.88. The van der Waals surface area contributed by atoms with Crippen LogP contribution in [-0.2, 0) is 20.7 Å². The third-order valence-corrected chi connectivity index (χ3v) is 6.48. The molecule has 0 bridgehead atoms. The third-order valence-electron chi connectivity index (χ3n) is 6.48. The monoisotopic (exact) mass is 412 g/mol. The van der Waals surface area contributed by atoms with Crippen molar-refractivity contribution in [2.24, 2.45) is 0 Å². The van der Waals surface area contributed by atoms with Gasteiger partial charge in [0.1, 0.15) is 11.2 Å². The second-order valence-corrected chi connectivity index (χ2v) is 9.24. The molecule has 2 aromatic heterocycles. The molecular formula is C24H32N2O4. The van der Waals surface area contributed by atoms with Gasteiger partial charge in [-0.2, -0.15) is 0 Å². The summed E-state index contributed by atoms with van der Waals surface area (Å²) in [6.07, 6.45) is 5.43. The highest BCUT2D eigenvalue weighted by molar-refractivity contribution is 5.25. The molecule has 0 spiro atoms. The fraction of sp³-hybridized carbons (Fsp3) is 0.583. The first-order valence-corrected chi connectivity index (χ1v) is 10.9. The zero-order valence-electron chi connectivity index (χ0n) is 18.0. The smallest absolute Gasteiger partial charge is 0.117 e. The number of aliphatic hydroxyl groups is 2. The first-order valence-electron chi connectivity index (χ1n) is 10.9. The van der Waals surface area contributed by atoms with Crippen LogP contribution in [-0.4, -0.2) is 46.1 Å². The minimum Gasteiger partial charge on any atom is -0.383 e. The maximum Gasteiger partial charge on any atom is 0.117 e. The predicted octanol–water partition coefficient (Wildman–Crippen LogP) is 3.38. The SMILES string of the molecule is CC(C)c1ccc(C2(O)COC(CC(C)c3ccc([C@@]4(O)CCOC4)cn3)C2)cn1. The van der Waals surface area contributed by atoms with Gasteiger partial charge in [0.15, 0.2) is 0 Å². The van der Waals surface area contributed by atoms with Crippen LogP contribution in [0.3, 0.4) is 0 Å². The van der Waals surface area contributed by atoms with Gasteiger partial charge >= 0.3 is 0 Å². The van der Waals surface area contributed by atoms with Crippen molar-refractivity contribution in [1.82, 2.24) is 9.97 Å². The Morgan fingerprint density at radius 1 is 0.967 bits per heavy atom. The molecule has 0 radical (unpaired) electrons. The Morgan fingerprint density at radius 2 is 1.63 bits per heavy atom. The van der Waals surface area contributed by atoms with Crippen LogP contribution in [0.4, 0.5) is 0 Å². The number of hydrogen-bond acceptors (Lipinski definition) is 6. The number of ether oxygens (including phenoxy) is 2. The van der Waals surface area contributed by atoms with Crippen LogP contribution in [0.5, 0.6) is 0 Å². The molecule has 162 valence electrons. The van der Waals surface area contributed by atoms with Crippen LogP contribution in [0.2, 0.25) is 0 Å². The molecule has 2 aliphatic heterocycles. The first-order chi connectivity index (χ1) is 14.3. The molecule has 0 amide bonds. The van der Waals surface area contributed by atoms with E-state index in [0.29, 0.717) is 32.0 Å². The topological polar surface area (TPSA) is 84.7 Å². The van der Waals surface area contributed by atoms with Crippen molar-refractivity contribution in [3.8, 4) is 0 Å². The van der Waals surface area contributed by atoms with Gasteiger partial charge in [-0.3, -0.25) is 9.97 Å². The van der Waals surface area contributed by atoms with Crippen LogP contribution < -0.4 is 0 Å². The highest BCUT2D eigenvalue weighted by atomic mass is 16.5. The van der Waals surface area contributed by atoms with Crippen molar-refractivity contribution in [2.75, 3.05) is 19.8 Å². The normalized spacial score (nSPS) is 30.1. The number of rotatable bonds is 6. The van der Waals surface area contributed by atoms with Gasteiger partial charge in [0.05, 0.1) is 19.3 Å². The van der Waals surface area contributed by atoms with Crippen LogP contribution in [0.1, 0.15) is 74.4 Å². The average Bonchev–Trinajstić information content (AvgIpc) is 3.35. The molecule has 2 N–H and O–H groups in total. The summed E-state index contributed by atoms with van der Waals surface area (Å²) in [4.78, 5) is 9.08. The quantitative estimate of drug-likeness (QED) is 0.757. The first kappa shape index (κ1) is 21.4. The van der Waals surface area contributed by atoms with Crippen LogP contribution >= 0.6 is 0 Å². The molecule has 4 rings (SSSR count). The third kappa shape index (κ3) is 4.28. The molecular weight excluding hydrogens is 380 g/mol. The molecule has 2 aliphatic rings. The van der Waals surface area contributed by atoms with Gasteiger partial charge in [0, 0.05) is 60.3 Å². The lowest BCUT2D eigenvalue weighted by molar-refractivity contribution is 0.0169. The van der Waals surface area contributed by atoms with Gasteiger partial charge in [0.2, 0.25) is 0 Å². The maximum atomic E-state index is 11.1. The zero-order chi connectivity index (χ0) is 21.4. The predicted molar refractivity (Wildman–Crippen MR) is 113 cm³/mol. The summed E-state index contributed by atoms with van der Waals surface area (Å²) < 4.78 is 11.3. The molecule has 6 heteroatoms. The maximum absolute atomic E-state index is 11.1. The van der Waals surface area contributed by atoms with E-state index in [4.69, 9.17) is 9.47 Å². The van der Waals surface area contributed by atoms with Gasteiger partial charge in [-0.15, -0.1) is 0 Å². The summed E-state index contributed by atoms with van der Waals surface area (Å²) in [5.41, 5.74) is 1.70. The van der Waals surface area contributed by atoms with Crippen molar-refractivity contribution in [3.63, 3.8) is 0 Å². The van der Waals surface area contributed by atoms with E-state index < -0.39 is 11.2 Å². The summed E-state index contributed by atoms with van der Waals surface area (Å²) in [6.45, 7) is 7.52. The van der Waals surface area contributed by atoms with Gasteiger partial charge in [-0.25, -0.2) is 0 Å². The number of hydrogen-bond donors (Lipinski definition) is 2. The molecule has 4 atom stereocenters. The van der Waals surface area contributed by atoms with E-state index in [0.717, 1.165) is 28.9 Å². The van der Waals surface area contributed by atoms with Crippen molar-refractivity contribution >= 4 is 0 Å². The van der Waals surface area contributed by atoms with Gasteiger partial charge in [-0.1, -0.05) is 32.9 Å².